The molecule has 0 radical (unpaired) electrons. The van der Waals surface area contributed by atoms with Crippen molar-refractivity contribution in [3.63, 3.8) is 0 Å². The molecule has 0 bridgehead atoms. The largest absolute Gasteiger partial charge is 0.279 e. The molecular formula is C17H20ClNO2S. The number of benzene rings is 2. The van der Waals surface area contributed by atoms with Crippen molar-refractivity contribution in [3.05, 3.63) is 58.6 Å². The predicted octanol–water partition coefficient (Wildman–Crippen LogP) is 4.75. The molecule has 3 nitrogen and oxygen atoms in total. The Bertz CT molecular complexity index is 775. The van der Waals surface area contributed by atoms with Crippen LogP contribution in [0, 0.1) is 6.92 Å². The van der Waals surface area contributed by atoms with E-state index in [-0.39, 0.29) is 10.3 Å². The Morgan fingerprint density at radius 3 is 2.09 bits per heavy atom. The highest BCUT2D eigenvalue weighted by atomic mass is 35.5. The summed E-state index contributed by atoms with van der Waals surface area (Å²) in [5.41, 5.74) is 2.39. The van der Waals surface area contributed by atoms with Gasteiger partial charge in [-0.1, -0.05) is 44.5 Å². The molecule has 0 saturated heterocycles. The fourth-order valence-electron chi connectivity index (χ4n) is 2.08. The van der Waals surface area contributed by atoms with E-state index in [2.05, 4.69) is 25.5 Å². The first-order valence-corrected chi connectivity index (χ1v) is 8.85. The van der Waals surface area contributed by atoms with Gasteiger partial charge in [0, 0.05) is 5.02 Å². The van der Waals surface area contributed by atoms with Crippen LogP contribution in [0.5, 0.6) is 0 Å². The van der Waals surface area contributed by atoms with Crippen LogP contribution in [0.15, 0.2) is 47.4 Å². The molecule has 0 spiro atoms. The Hall–Kier alpha value is -1.52. The topological polar surface area (TPSA) is 46.2 Å². The van der Waals surface area contributed by atoms with Crippen molar-refractivity contribution in [1.29, 1.82) is 0 Å². The minimum absolute atomic E-state index is 0.0114. The zero-order valence-electron chi connectivity index (χ0n) is 13.1. The first kappa shape index (κ1) is 16.8. The Kier molecular flexibility index (Phi) is 4.54. The average molecular weight is 338 g/mol. The standard InChI is InChI=1S/C17H20ClNO2S/c1-12-11-14(18)7-10-16(12)19-22(20,21)15-8-5-13(6-9-15)17(2,3)4/h5-11,19H,1-4H3. The quantitative estimate of drug-likeness (QED) is 0.878. The van der Waals surface area contributed by atoms with Crippen LogP contribution in [0.1, 0.15) is 31.9 Å². The Morgan fingerprint density at radius 2 is 1.59 bits per heavy atom. The molecule has 5 heteroatoms. The predicted molar refractivity (Wildman–Crippen MR) is 92.1 cm³/mol. The highest BCUT2D eigenvalue weighted by Gasteiger charge is 2.18. The van der Waals surface area contributed by atoms with Crippen LogP contribution in [-0.2, 0) is 15.4 Å². The lowest BCUT2D eigenvalue weighted by atomic mass is 9.87. The number of halogens is 1. The summed E-state index contributed by atoms with van der Waals surface area (Å²) in [5.74, 6) is 0. The van der Waals surface area contributed by atoms with Gasteiger partial charge in [0.2, 0.25) is 0 Å². The van der Waals surface area contributed by atoms with Crippen LogP contribution in [0.2, 0.25) is 5.02 Å². The molecule has 2 rings (SSSR count). The summed E-state index contributed by atoms with van der Waals surface area (Å²) in [5, 5.41) is 0.579. The van der Waals surface area contributed by atoms with E-state index in [0.717, 1.165) is 11.1 Å². The summed E-state index contributed by atoms with van der Waals surface area (Å²) in [7, 11) is -3.60. The maximum Gasteiger partial charge on any atom is 0.261 e. The van der Waals surface area contributed by atoms with E-state index in [1.54, 1.807) is 30.3 Å². The molecule has 0 heterocycles. The van der Waals surface area contributed by atoms with Gasteiger partial charge in [-0.2, -0.15) is 0 Å². The summed E-state index contributed by atoms with van der Waals surface area (Å²) in [4.78, 5) is 0.245. The van der Waals surface area contributed by atoms with Crippen LogP contribution in [-0.4, -0.2) is 8.42 Å². The Labute approximate surface area is 137 Å². The van der Waals surface area contributed by atoms with Gasteiger partial charge in [0.05, 0.1) is 10.6 Å². The van der Waals surface area contributed by atoms with Gasteiger partial charge in [0.15, 0.2) is 0 Å². The van der Waals surface area contributed by atoms with E-state index in [0.29, 0.717) is 10.7 Å². The lowest BCUT2D eigenvalue weighted by Gasteiger charge is -2.19. The molecule has 0 aliphatic heterocycles. The fraction of sp³-hybridized carbons (Fsp3) is 0.294. The molecule has 0 fully saturated rings. The maximum absolute atomic E-state index is 12.5. The molecule has 0 unspecified atom stereocenters. The van der Waals surface area contributed by atoms with Gasteiger partial charge in [-0.3, -0.25) is 4.72 Å². The summed E-state index contributed by atoms with van der Waals surface area (Å²) in [6.07, 6.45) is 0. The van der Waals surface area contributed by atoms with E-state index >= 15 is 0 Å². The molecule has 22 heavy (non-hydrogen) atoms. The van der Waals surface area contributed by atoms with Crippen LogP contribution in [0.25, 0.3) is 0 Å². The first-order chi connectivity index (χ1) is 10.1. The first-order valence-electron chi connectivity index (χ1n) is 6.99. The van der Waals surface area contributed by atoms with Gasteiger partial charge in [0.25, 0.3) is 10.0 Å². The molecule has 0 aliphatic carbocycles. The molecule has 0 saturated carbocycles. The SMILES string of the molecule is Cc1cc(Cl)ccc1NS(=O)(=O)c1ccc(C(C)(C)C)cc1. The summed E-state index contributed by atoms with van der Waals surface area (Å²) in [6.45, 7) is 8.08. The minimum Gasteiger partial charge on any atom is -0.279 e. The number of hydrogen-bond acceptors (Lipinski definition) is 2. The third-order valence-electron chi connectivity index (χ3n) is 3.46. The van der Waals surface area contributed by atoms with Crippen LogP contribution >= 0.6 is 11.6 Å². The van der Waals surface area contributed by atoms with Crippen molar-refractivity contribution in [2.75, 3.05) is 4.72 Å². The second-order valence-corrected chi connectivity index (χ2v) is 8.46. The van der Waals surface area contributed by atoms with Gasteiger partial charge < -0.3 is 0 Å². The van der Waals surface area contributed by atoms with Gasteiger partial charge >= 0.3 is 0 Å². The van der Waals surface area contributed by atoms with Crippen molar-refractivity contribution in [2.45, 2.75) is 38.0 Å². The van der Waals surface area contributed by atoms with Crippen LogP contribution in [0.4, 0.5) is 5.69 Å². The third-order valence-corrected chi connectivity index (χ3v) is 5.08. The van der Waals surface area contributed by atoms with Gasteiger partial charge in [-0.15, -0.1) is 0 Å². The van der Waals surface area contributed by atoms with Gasteiger partial charge in [-0.25, -0.2) is 8.42 Å². The summed E-state index contributed by atoms with van der Waals surface area (Å²) in [6, 6.07) is 12.0. The van der Waals surface area contributed by atoms with Crippen molar-refractivity contribution in [2.24, 2.45) is 0 Å². The zero-order chi connectivity index (χ0) is 16.5. The van der Waals surface area contributed by atoms with E-state index in [4.69, 9.17) is 11.6 Å². The van der Waals surface area contributed by atoms with Gasteiger partial charge in [0.1, 0.15) is 0 Å². The number of aryl methyl sites for hydroxylation is 1. The molecule has 118 valence electrons. The molecule has 2 aromatic rings. The van der Waals surface area contributed by atoms with E-state index in [9.17, 15) is 8.42 Å². The number of sulfonamides is 1. The summed E-state index contributed by atoms with van der Waals surface area (Å²) < 4.78 is 27.5. The molecule has 0 aliphatic rings. The highest BCUT2D eigenvalue weighted by Crippen LogP contribution is 2.26. The van der Waals surface area contributed by atoms with Gasteiger partial charge in [-0.05, 0) is 53.8 Å². The minimum atomic E-state index is -3.60. The van der Waals surface area contributed by atoms with E-state index < -0.39 is 10.0 Å². The van der Waals surface area contributed by atoms with Crippen molar-refractivity contribution in [3.8, 4) is 0 Å². The molecule has 0 amide bonds. The highest BCUT2D eigenvalue weighted by molar-refractivity contribution is 7.92. The second-order valence-electron chi connectivity index (χ2n) is 6.34. The number of hydrogen-bond donors (Lipinski definition) is 1. The fourth-order valence-corrected chi connectivity index (χ4v) is 3.44. The van der Waals surface area contributed by atoms with Crippen molar-refractivity contribution in [1.82, 2.24) is 0 Å². The molecule has 0 aromatic heterocycles. The molecular weight excluding hydrogens is 318 g/mol. The summed E-state index contributed by atoms with van der Waals surface area (Å²) >= 11 is 5.89. The second kappa shape index (κ2) is 5.94. The van der Waals surface area contributed by atoms with Crippen molar-refractivity contribution >= 4 is 27.3 Å². The lowest BCUT2D eigenvalue weighted by molar-refractivity contribution is 0.587. The van der Waals surface area contributed by atoms with E-state index in [1.807, 2.05) is 19.1 Å². The number of nitrogens with one attached hydrogen (secondary N) is 1. The normalized spacial score (nSPS) is 12.2. The lowest BCUT2D eigenvalue weighted by Crippen LogP contribution is -2.15. The molecule has 2 aromatic carbocycles. The number of rotatable bonds is 3. The van der Waals surface area contributed by atoms with E-state index in [1.165, 1.54) is 0 Å². The van der Waals surface area contributed by atoms with Crippen molar-refractivity contribution < 1.29 is 8.42 Å². The Morgan fingerprint density at radius 1 is 1.00 bits per heavy atom. The molecule has 1 N–H and O–H groups in total. The average Bonchev–Trinajstić information content (AvgIpc) is 2.41. The van der Waals surface area contributed by atoms with Crippen LogP contribution in [0.3, 0.4) is 0 Å². The molecule has 0 atom stereocenters. The smallest absolute Gasteiger partial charge is 0.261 e. The number of anilines is 1. The van der Waals surface area contributed by atoms with Crippen LogP contribution < -0.4 is 4.72 Å². The monoisotopic (exact) mass is 337 g/mol. The Balaban J connectivity index is 2.31. The maximum atomic E-state index is 12.5. The zero-order valence-corrected chi connectivity index (χ0v) is 14.7. The third kappa shape index (κ3) is 3.81.